The van der Waals surface area contributed by atoms with Crippen LogP contribution in [-0.4, -0.2) is 49.7 Å². The van der Waals surface area contributed by atoms with Crippen molar-refractivity contribution in [2.75, 3.05) is 27.2 Å². The zero-order chi connectivity index (χ0) is 13.9. The smallest absolute Gasteiger partial charge is 0.326 e. The molecule has 0 saturated heterocycles. The molecule has 2 unspecified atom stereocenters. The van der Waals surface area contributed by atoms with Gasteiger partial charge in [0.15, 0.2) is 0 Å². The largest absolute Gasteiger partial charge is 0.468 e. The highest BCUT2D eigenvalue weighted by Crippen LogP contribution is 2.36. The molecule has 2 aliphatic carbocycles. The molecule has 110 valence electrons. The molecular weight excluding hydrogens is 240 g/mol. The summed E-state index contributed by atoms with van der Waals surface area (Å²) in [5.41, 5.74) is -0.437. The number of nitrogens with one attached hydrogen (secondary N) is 1. The van der Waals surface area contributed by atoms with Crippen LogP contribution in [0.1, 0.15) is 45.4 Å². The van der Waals surface area contributed by atoms with Crippen LogP contribution in [0, 0.1) is 5.92 Å². The first-order valence-electron chi connectivity index (χ1n) is 7.65. The van der Waals surface area contributed by atoms with Gasteiger partial charge in [-0.15, -0.1) is 0 Å². The van der Waals surface area contributed by atoms with Crippen molar-refractivity contribution >= 4 is 5.97 Å². The molecule has 2 rings (SSSR count). The molecule has 0 aromatic carbocycles. The number of nitrogens with zero attached hydrogens (tertiary/aromatic N) is 1. The third kappa shape index (κ3) is 3.48. The van der Waals surface area contributed by atoms with Gasteiger partial charge >= 0.3 is 5.97 Å². The maximum atomic E-state index is 12.1. The van der Waals surface area contributed by atoms with Crippen molar-refractivity contribution in [3.8, 4) is 0 Å². The SMILES string of the molecule is CCCNC1(C(=O)OC)CCC(N(C)CC2CC2)C1. The summed E-state index contributed by atoms with van der Waals surface area (Å²) >= 11 is 0. The minimum Gasteiger partial charge on any atom is -0.468 e. The molecule has 0 aromatic heterocycles. The molecule has 0 bridgehead atoms. The van der Waals surface area contributed by atoms with Gasteiger partial charge in [0.2, 0.25) is 0 Å². The lowest BCUT2D eigenvalue weighted by atomic mass is 9.97. The lowest BCUT2D eigenvalue weighted by Crippen LogP contribution is -2.52. The van der Waals surface area contributed by atoms with E-state index in [2.05, 4.69) is 24.2 Å². The van der Waals surface area contributed by atoms with Crippen LogP contribution >= 0.6 is 0 Å². The third-order valence-electron chi connectivity index (χ3n) is 4.64. The zero-order valence-electron chi connectivity index (χ0n) is 12.6. The molecule has 2 aliphatic rings. The van der Waals surface area contributed by atoms with Crippen LogP contribution in [-0.2, 0) is 9.53 Å². The van der Waals surface area contributed by atoms with Crippen molar-refractivity contribution in [3.63, 3.8) is 0 Å². The molecule has 0 radical (unpaired) electrons. The van der Waals surface area contributed by atoms with Gasteiger partial charge in [0.1, 0.15) is 5.54 Å². The minimum atomic E-state index is -0.437. The van der Waals surface area contributed by atoms with Gasteiger partial charge in [-0.1, -0.05) is 6.92 Å². The monoisotopic (exact) mass is 268 g/mol. The second-order valence-electron chi connectivity index (χ2n) is 6.28. The van der Waals surface area contributed by atoms with Crippen LogP contribution < -0.4 is 5.32 Å². The van der Waals surface area contributed by atoms with E-state index < -0.39 is 5.54 Å². The molecule has 1 N–H and O–H groups in total. The highest BCUT2D eigenvalue weighted by molar-refractivity contribution is 5.81. The number of ether oxygens (including phenoxy) is 1. The maximum Gasteiger partial charge on any atom is 0.326 e. The van der Waals surface area contributed by atoms with E-state index in [0.717, 1.165) is 38.1 Å². The Kier molecular flexibility index (Phi) is 4.85. The van der Waals surface area contributed by atoms with Crippen molar-refractivity contribution in [3.05, 3.63) is 0 Å². The fourth-order valence-corrected chi connectivity index (χ4v) is 3.23. The van der Waals surface area contributed by atoms with Gasteiger partial charge < -0.3 is 15.0 Å². The quantitative estimate of drug-likeness (QED) is 0.715. The summed E-state index contributed by atoms with van der Waals surface area (Å²) in [5, 5.41) is 3.45. The normalized spacial score (nSPS) is 30.8. The van der Waals surface area contributed by atoms with Crippen molar-refractivity contribution in [2.24, 2.45) is 5.92 Å². The Hall–Kier alpha value is -0.610. The zero-order valence-corrected chi connectivity index (χ0v) is 12.6. The number of methoxy groups -OCH3 is 1. The molecule has 2 fully saturated rings. The van der Waals surface area contributed by atoms with Gasteiger partial charge in [0.25, 0.3) is 0 Å². The van der Waals surface area contributed by atoms with Crippen molar-refractivity contribution in [1.82, 2.24) is 10.2 Å². The van der Waals surface area contributed by atoms with Crippen molar-refractivity contribution in [2.45, 2.75) is 57.0 Å². The molecule has 2 atom stereocenters. The lowest BCUT2D eigenvalue weighted by molar-refractivity contribution is -0.148. The fourth-order valence-electron chi connectivity index (χ4n) is 3.23. The van der Waals surface area contributed by atoms with Gasteiger partial charge in [-0.25, -0.2) is 0 Å². The molecule has 0 amide bonds. The van der Waals surface area contributed by atoms with Gasteiger partial charge in [0, 0.05) is 12.6 Å². The van der Waals surface area contributed by atoms with E-state index in [1.54, 1.807) is 0 Å². The summed E-state index contributed by atoms with van der Waals surface area (Å²) in [5.74, 6) is 0.824. The van der Waals surface area contributed by atoms with E-state index in [4.69, 9.17) is 4.74 Å². The van der Waals surface area contributed by atoms with Gasteiger partial charge in [-0.2, -0.15) is 0 Å². The maximum absolute atomic E-state index is 12.1. The van der Waals surface area contributed by atoms with E-state index in [-0.39, 0.29) is 5.97 Å². The average molecular weight is 268 g/mol. The molecule has 0 aliphatic heterocycles. The van der Waals surface area contributed by atoms with E-state index in [9.17, 15) is 4.79 Å². The lowest BCUT2D eigenvalue weighted by Gasteiger charge is -2.30. The number of rotatable bonds is 7. The molecule has 0 heterocycles. The summed E-state index contributed by atoms with van der Waals surface area (Å²) in [6.45, 7) is 4.20. The Balaban J connectivity index is 1.94. The fraction of sp³-hybridized carbons (Fsp3) is 0.933. The third-order valence-corrected chi connectivity index (χ3v) is 4.64. The van der Waals surface area contributed by atoms with E-state index in [1.165, 1.54) is 26.5 Å². The Morgan fingerprint density at radius 1 is 1.42 bits per heavy atom. The summed E-state index contributed by atoms with van der Waals surface area (Å²) in [4.78, 5) is 14.6. The summed E-state index contributed by atoms with van der Waals surface area (Å²) in [6.07, 6.45) is 6.69. The van der Waals surface area contributed by atoms with Crippen LogP contribution in [0.3, 0.4) is 0 Å². The average Bonchev–Trinajstić information content (AvgIpc) is 3.12. The van der Waals surface area contributed by atoms with E-state index in [0.29, 0.717) is 6.04 Å². The standard InChI is InChI=1S/C15H28N2O2/c1-4-9-16-15(14(18)19-3)8-7-13(10-15)17(2)11-12-5-6-12/h12-13,16H,4-11H2,1-3H3. The second kappa shape index (κ2) is 6.23. The van der Waals surface area contributed by atoms with Crippen LogP contribution in [0.15, 0.2) is 0 Å². The first-order valence-corrected chi connectivity index (χ1v) is 7.65. The number of carbonyl (C=O) groups excluding carboxylic acids is 1. The predicted octanol–water partition coefficient (Wildman–Crippen LogP) is 1.79. The van der Waals surface area contributed by atoms with Crippen LogP contribution in [0.2, 0.25) is 0 Å². The highest BCUT2D eigenvalue weighted by Gasteiger charge is 2.47. The molecular formula is C15H28N2O2. The summed E-state index contributed by atoms with van der Waals surface area (Å²) in [7, 11) is 3.70. The highest BCUT2D eigenvalue weighted by atomic mass is 16.5. The minimum absolute atomic E-state index is 0.0803. The molecule has 4 heteroatoms. The van der Waals surface area contributed by atoms with Crippen molar-refractivity contribution < 1.29 is 9.53 Å². The Morgan fingerprint density at radius 2 is 2.16 bits per heavy atom. The number of esters is 1. The number of hydrogen-bond acceptors (Lipinski definition) is 4. The Labute approximate surface area is 116 Å². The van der Waals surface area contributed by atoms with Crippen LogP contribution in [0.4, 0.5) is 0 Å². The Bertz CT molecular complexity index is 317. The summed E-state index contributed by atoms with van der Waals surface area (Å²) in [6, 6.07) is 0.518. The molecule has 2 saturated carbocycles. The predicted molar refractivity (Wildman–Crippen MR) is 76.0 cm³/mol. The van der Waals surface area contributed by atoms with Crippen LogP contribution in [0.5, 0.6) is 0 Å². The van der Waals surface area contributed by atoms with Crippen molar-refractivity contribution in [1.29, 1.82) is 0 Å². The number of hydrogen-bond donors (Lipinski definition) is 1. The molecule has 0 aromatic rings. The van der Waals surface area contributed by atoms with Gasteiger partial charge in [-0.05, 0) is 58.0 Å². The van der Waals surface area contributed by atoms with E-state index >= 15 is 0 Å². The van der Waals surface area contributed by atoms with Crippen LogP contribution in [0.25, 0.3) is 0 Å². The van der Waals surface area contributed by atoms with E-state index in [1.807, 2.05) is 0 Å². The molecule has 4 nitrogen and oxygen atoms in total. The second-order valence-corrected chi connectivity index (χ2v) is 6.28. The van der Waals surface area contributed by atoms with Gasteiger partial charge in [-0.3, -0.25) is 4.79 Å². The number of carbonyl (C=O) groups is 1. The first-order chi connectivity index (χ1) is 9.11. The summed E-state index contributed by atoms with van der Waals surface area (Å²) < 4.78 is 5.04. The van der Waals surface area contributed by atoms with Gasteiger partial charge in [0.05, 0.1) is 7.11 Å². The topological polar surface area (TPSA) is 41.6 Å². The molecule has 0 spiro atoms. The Morgan fingerprint density at radius 3 is 2.74 bits per heavy atom. The first kappa shape index (κ1) is 14.8. The molecule has 19 heavy (non-hydrogen) atoms.